The van der Waals surface area contributed by atoms with Gasteiger partial charge in [0.25, 0.3) is 0 Å². The van der Waals surface area contributed by atoms with Crippen molar-refractivity contribution in [2.45, 2.75) is 19.4 Å². The Bertz CT molecular complexity index is 480. The van der Waals surface area contributed by atoms with Crippen LogP contribution in [0.4, 0.5) is 17.3 Å². The van der Waals surface area contributed by atoms with E-state index in [-0.39, 0.29) is 17.6 Å². The number of nitro groups is 1. The quantitative estimate of drug-likeness (QED) is 0.657. The second-order valence-electron chi connectivity index (χ2n) is 4.82. The second kappa shape index (κ2) is 5.40. The summed E-state index contributed by atoms with van der Waals surface area (Å²) in [6.07, 6.45) is 1.14. The lowest BCUT2D eigenvalue weighted by Crippen LogP contribution is -2.44. The molecule has 7 nitrogen and oxygen atoms in total. The van der Waals surface area contributed by atoms with Crippen molar-refractivity contribution in [3.05, 3.63) is 22.2 Å². The number of nitrogens with two attached hydrogens (primary N) is 1. The standard InChI is InChI=1S/C12H18N4O3/c1-8-5-6-15(7-10(8)19-2)11-4-3-9(16(17)18)12(13)14-11/h3-4,8,10H,5-7H2,1-2H3,(H2,13,14). The van der Waals surface area contributed by atoms with Gasteiger partial charge >= 0.3 is 5.69 Å². The zero-order chi connectivity index (χ0) is 14.0. The molecule has 0 aromatic carbocycles. The summed E-state index contributed by atoms with van der Waals surface area (Å²) in [5.41, 5.74) is 5.46. The molecule has 1 aromatic rings. The van der Waals surface area contributed by atoms with Crippen LogP contribution in [0.25, 0.3) is 0 Å². The summed E-state index contributed by atoms with van der Waals surface area (Å²) in [6.45, 7) is 3.73. The van der Waals surface area contributed by atoms with E-state index in [4.69, 9.17) is 10.5 Å². The lowest BCUT2D eigenvalue weighted by atomic mass is 9.96. The summed E-state index contributed by atoms with van der Waals surface area (Å²) in [6, 6.07) is 3.04. The fraction of sp³-hybridized carbons (Fsp3) is 0.583. The number of anilines is 2. The Hall–Kier alpha value is -1.89. The third-order valence-electron chi connectivity index (χ3n) is 3.60. The van der Waals surface area contributed by atoms with Gasteiger partial charge in [-0.2, -0.15) is 0 Å². The average molecular weight is 266 g/mol. The van der Waals surface area contributed by atoms with Gasteiger partial charge in [-0.3, -0.25) is 10.1 Å². The fourth-order valence-electron chi connectivity index (χ4n) is 2.34. The lowest BCUT2D eigenvalue weighted by molar-refractivity contribution is -0.384. The highest BCUT2D eigenvalue weighted by molar-refractivity contribution is 5.58. The number of ether oxygens (including phenoxy) is 1. The number of hydrogen-bond donors (Lipinski definition) is 1. The molecule has 19 heavy (non-hydrogen) atoms. The van der Waals surface area contributed by atoms with Gasteiger partial charge in [0, 0.05) is 26.3 Å². The molecule has 1 aromatic heterocycles. The molecule has 2 N–H and O–H groups in total. The molecule has 7 heteroatoms. The maximum atomic E-state index is 10.7. The number of rotatable bonds is 3. The highest BCUT2D eigenvalue weighted by atomic mass is 16.6. The predicted molar refractivity (Wildman–Crippen MR) is 72.1 cm³/mol. The molecule has 0 saturated carbocycles. The van der Waals surface area contributed by atoms with Gasteiger partial charge in [0.2, 0.25) is 5.82 Å². The molecule has 2 heterocycles. The van der Waals surface area contributed by atoms with E-state index in [1.807, 2.05) is 4.90 Å². The van der Waals surface area contributed by atoms with Crippen molar-refractivity contribution < 1.29 is 9.66 Å². The van der Waals surface area contributed by atoms with Crippen molar-refractivity contribution >= 4 is 17.3 Å². The minimum atomic E-state index is -0.525. The van der Waals surface area contributed by atoms with Crippen molar-refractivity contribution in [1.29, 1.82) is 0 Å². The summed E-state index contributed by atoms with van der Waals surface area (Å²) in [5.74, 6) is 1.11. The summed E-state index contributed by atoms with van der Waals surface area (Å²) >= 11 is 0. The van der Waals surface area contributed by atoms with Crippen molar-refractivity contribution in [3.63, 3.8) is 0 Å². The molecule has 0 amide bonds. The van der Waals surface area contributed by atoms with Gasteiger partial charge in [-0.05, 0) is 18.4 Å². The molecule has 1 aliphatic rings. The Morgan fingerprint density at radius 1 is 1.58 bits per heavy atom. The summed E-state index contributed by atoms with van der Waals surface area (Å²) in [7, 11) is 1.70. The Morgan fingerprint density at radius 2 is 2.32 bits per heavy atom. The van der Waals surface area contributed by atoms with Gasteiger partial charge in [-0.1, -0.05) is 6.92 Å². The summed E-state index contributed by atoms with van der Waals surface area (Å²) < 4.78 is 5.44. The maximum Gasteiger partial charge on any atom is 0.311 e. The zero-order valence-corrected chi connectivity index (χ0v) is 11.1. The summed E-state index contributed by atoms with van der Waals surface area (Å²) in [5, 5.41) is 10.7. The van der Waals surface area contributed by atoms with E-state index < -0.39 is 4.92 Å². The van der Waals surface area contributed by atoms with Crippen LogP contribution < -0.4 is 10.6 Å². The normalized spacial score (nSPS) is 23.4. The number of hydrogen-bond acceptors (Lipinski definition) is 6. The number of pyridine rings is 1. The number of piperidine rings is 1. The first-order valence-corrected chi connectivity index (χ1v) is 6.21. The molecule has 1 saturated heterocycles. The number of nitrogen functional groups attached to an aromatic ring is 1. The van der Waals surface area contributed by atoms with Crippen LogP contribution in [0.15, 0.2) is 12.1 Å². The van der Waals surface area contributed by atoms with Crippen LogP contribution in [-0.2, 0) is 4.74 Å². The third-order valence-corrected chi connectivity index (χ3v) is 3.60. The topological polar surface area (TPSA) is 94.5 Å². The molecular weight excluding hydrogens is 248 g/mol. The van der Waals surface area contributed by atoms with E-state index in [0.29, 0.717) is 11.7 Å². The minimum absolute atomic E-state index is 0.0462. The van der Waals surface area contributed by atoms with Crippen LogP contribution in [-0.4, -0.2) is 36.2 Å². The molecule has 104 valence electrons. The molecule has 1 aliphatic heterocycles. The Morgan fingerprint density at radius 3 is 2.89 bits per heavy atom. The van der Waals surface area contributed by atoms with Gasteiger partial charge in [0.1, 0.15) is 5.82 Å². The van der Waals surface area contributed by atoms with E-state index in [2.05, 4.69) is 11.9 Å². The first-order chi connectivity index (χ1) is 9.02. The van der Waals surface area contributed by atoms with Gasteiger partial charge in [0.05, 0.1) is 11.0 Å². The Labute approximate surface area is 111 Å². The van der Waals surface area contributed by atoms with Crippen molar-refractivity contribution in [2.75, 3.05) is 30.8 Å². The van der Waals surface area contributed by atoms with Crippen LogP contribution in [0.3, 0.4) is 0 Å². The van der Waals surface area contributed by atoms with Crippen LogP contribution in [0, 0.1) is 16.0 Å². The monoisotopic (exact) mass is 266 g/mol. The number of methoxy groups -OCH3 is 1. The predicted octanol–water partition coefficient (Wildman–Crippen LogP) is 1.43. The molecular formula is C12H18N4O3. The second-order valence-corrected chi connectivity index (χ2v) is 4.82. The van der Waals surface area contributed by atoms with E-state index in [0.717, 1.165) is 19.5 Å². The van der Waals surface area contributed by atoms with Crippen LogP contribution in [0.1, 0.15) is 13.3 Å². The first-order valence-electron chi connectivity index (χ1n) is 6.21. The molecule has 2 atom stereocenters. The molecule has 2 rings (SSSR count). The molecule has 1 fully saturated rings. The highest BCUT2D eigenvalue weighted by Gasteiger charge is 2.27. The molecule has 0 radical (unpaired) electrons. The van der Waals surface area contributed by atoms with Gasteiger partial charge < -0.3 is 15.4 Å². The molecule has 0 bridgehead atoms. The van der Waals surface area contributed by atoms with Gasteiger partial charge in [-0.15, -0.1) is 0 Å². The van der Waals surface area contributed by atoms with Crippen molar-refractivity contribution in [1.82, 2.24) is 4.98 Å². The fourth-order valence-corrected chi connectivity index (χ4v) is 2.34. The van der Waals surface area contributed by atoms with Crippen molar-refractivity contribution in [3.8, 4) is 0 Å². The Kier molecular flexibility index (Phi) is 3.84. The molecule has 0 spiro atoms. The van der Waals surface area contributed by atoms with Crippen LogP contribution in [0.5, 0.6) is 0 Å². The average Bonchev–Trinajstić information content (AvgIpc) is 2.38. The largest absolute Gasteiger partial charge is 0.379 e. The number of nitrogens with zero attached hydrogens (tertiary/aromatic N) is 3. The first kappa shape index (κ1) is 13.5. The van der Waals surface area contributed by atoms with E-state index in [1.165, 1.54) is 6.07 Å². The Balaban J connectivity index is 2.18. The van der Waals surface area contributed by atoms with Gasteiger partial charge in [-0.25, -0.2) is 4.98 Å². The number of aromatic nitrogens is 1. The van der Waals surface area contributed by atoms with E-state index in [1.54, 1.807) is 13.2 Å². The smallest absolute Gasteiger partial charge is 0.311 e. The van der Waals surface area contributed by atoms with Crippen LogP contribution >= 0.6 is 0 Å². The van der Waals surface area contributed by atoms with Crippen molar-refractivity contribution in [2.24, 2.45) is 5.92 Å². The maximum absolute atomic E-state index is 10.7. The minimum Gasteiger partial charge on any atom is -0.379 e. The van der Waals surface area contributed by atoms with Crippen LogP contribution in [0.2, 0.25) is 0 Å². The molecule has 2 unspecified atom stereocenters. The SMILES string of the molecule is COC1CN(c2ccc([N+](=O)[O-])c(N)n2)CCC1C. The highest BCUT2D eigenvalue weighted by Crippen LogP contribution is 2.27. The molecule has 0 aliphatic carbocycles. The van der Waals surface area contributed by atoms with E-state index >= 15 is 0 Å². The van der Waals surface area contributed by atoms with Gasteiger partial charge in [0.15, 0.2) is 0 Å². The third kappa shape index (κ3) is 2.76. The lowest BCUT2D eigenvalue weighted by Gasteiger charge is -2.36. The summed E-state index contributed by atoms with van der Waals surface area (Å²) in [4.78, 5) is 16.3. The van der Waals surface area contributed by atoms with E-state index in [9.17, 15) is 10.1 Å². The zero-order valence-electron chi connectivity index (χ0n) is 11.1.